The summed E-state index contributed by atoms with van der Waals surface area (Å²) >= 11 is 1.20. The lowest BCUT2D eigenvalue weighted by molar-refractivity contribution is -0.133. The topological polar surface area (TPSA) is 61.4 Å². The Kier molecular flexibility index (Phi) is 4.88. The summed E-state index contributed by atoms with van der Waals surface area (Å²) in [5, 5.41) is 6.00. The zero-order chi connectivity index (χ0) is 13.0. The maximum atomic E-state index is 12.1. The quantitative estimate of drug-likeness (QED) is 0.788. The number of hydrogen-bond donors (Lipinski definition) is 2. The number of thioether (sulfide) groups is 1. The summed E-state index contributed by atoms with van der Waals surface area (Å²) in [5.74, 6) is 1.35. The molecule has 0 aromatic rings. The molecule has 0 aromatic heterocycles. The fourth-order valence-electron chi connectivity index (χ4n) is 2.44. The van der Waals surface area contributed by atoms with Crippen molar-refractivity contribution in [3.05, 3.63) is 0 Å². The smallest absolute Gasteiger partial charge is 0.279 e. The highest BCUT2D eigenvalue weighted by Gasteiger charge is 2.33. The van der Waals surface area contributed by atoms with Crippen LogP contribution in [0.25, 0.3) is 0 Å². The molecule has 0 aliphatic carbocycles. The monoisotopic (exact) mass is 271 g/mol. The van der Waals surface area contributed by atoms with Crippen molar-refractivity contribution >= 4 is 22.9 Å². The molecule has 2 aliphatic heterocycles. The minimum absolute atomic E-state index is 0.0737. The Bertz CT molecular complexity index is 316. The van der Waals surface area contributed by atoms with E-state index in [-0.39, 0.29) is 17.2 Å². The Morgan fingerprint density at radius 3 is 2.78 bits per heavy atom. The van der Waals surface area contributed by atoms with E-state index in [0.29, 0.717) is 11.7 Å². The van der Waals surface area contributed by atoms with E-state index in [1.807, 2.05) is 4.90 Å². The molecular formula is C12H21N3O2S. The number of carbonyl (C=O) groups excluding carboxylic acids is 2. The summed E-state index contributed by atoms with van der Waals surface area (Å²) in [6.07, 6.45) is 2.12. The third-order valence-corrected chi connectivity index (χ3v) is 4.46. The Balaban J connectivity index is 1.75. The minimum atomic E-state index is -0.298. The fraction of sp³-hybridized carbons (Fsp3) is 0.833. The van der Waals surface area contributed by atoms with E-state index in [4.69, 9.17) is 0 Å². The molecule has 6 heteroatoms. The maximum absolute atomic E-state index is 12.1. The van der Waals surface area contributed by atoms with Crippen molar-refractivity contribution in [1.82, 2.24) is 15.5 Å². The molecule has 5 nitrogen and oxygen atoms in total. The molecule has 1 atom stereocenters. The lowest BCUT2D eigenvalue weighted by Gasteiger charge is -2.33. The Labute approximate surface area is 112 Å². The second-order valence-corrected chi connectivity index (χ2v) is 5.86. The van der Waals surface area contributed by atoms with E-state index < -0.39 is 0 Å². The van der Waals surface area contributed by atoms with Gasteiger partial charge in [0.1, 0.15) is 6.04 Å². The molecule has 0 bridgehead atoms. The van der Waals surface area contributed by atoms with Crippen LogP contribution in [0.5, 0.6) is 0 Å². The van der Waals surface area contributed by atoms with Crippen molar-refractivity contribution in [2.24, 2.45) is 5.92 Å². The molecule has 2 fully saturated rings. The first-order valence-electron chi connectivity index (χ1n) is 6.63. The number of nitrogens with zero attached hydrogens (tertiary/aromatic N) is 1. The van der Waals surface area contributed by atoms with Crippen molar-refractivity contribution < 1.29 is 9.59 Å². The van der Waals surface area contributed by atoms with Gasteiger partial charge in [0.2, 0.25) is 5.91 Å². The van der Waals surface area contributed by atoms with Crippen LogP contribution in [0.3, 0.4) is 0 Å². The summed E-state index contributed by atoms with van der Waals surface area (Å²) in [6.45, 7) is 5.82. The van der Waals surface area contributed by atoms with Gasteiger partial charge in [-0.05, 0) is 31.8 Å². The predicted molar refractivity (Wildman–Crippen MR) is 72.6 cm³/mol. The molecule has 18 heavy (non-hydrogen) atoms. The molecule has 2 saturated heterocycles. The molecule has 2 heterocycles. The van der Waals surface area contributed by atoms with Crippen molar-refractivity contribution in [1.29, 1.82) is 0 Å². The number of rotatable bonds is 4. The summed E-state index contributed by atoms with van der Waals surface area (Å²) in [6, 6.07) is -0.298. The molecule has 0 aromatic carbocycles. The summed E-state index contributed by atoms with van der Waals surface area (Å²) in [5.41, 5.74) is 0. The van der Waals surface area contributed by atoms with Gasteiger partial charge in [0.25, 0.3) is 5.24 Å². The largest absolute Gasteiger partial charge is 0.341 e. The number of hydrogen-bond acceptors (Lipinski definition) is 4. The van der Waals surface area contributed by atoms with Crippen LogP contribution in [-0.2, 0) is 4.79 Å². The van der Waals surface area contributed by atoms with E-state index in [0.717, 1.165) is 39.0 Å². The molecule has 2 aliphatic rings. The summed E-state index contributed by atoms with van der Waals surface area (Å²) in [7, 11) is 0. The summed E-state index contributed by atoms with van der Waals surface area (Å²) in [4.78, 5) is 25.1. The van der Waals surface area contributed by atoms with Crippen LogP contribution >= 0.6 is 11.8 Å². The third kappa shape index (κ3) is 3.38. The molecule has 0 unspecified atom stereocenters. The van der Waals surface area contributed by atoms with Crippen molar-refractivity contribution in [3.63, 3.8) is 0 Å². The van der Waals surface area contributed by atoms with Gasteiger partial charge in [-0.1, -0.05) is 18.7 Å². The van der Waals surface area contributed by atoms with Crippen molar-refractivity contribution in [3.8, 4) is 0 Å². The van der Waals surface area contributed by atoms with Gasteiger partial charge in [0.15, 0.2) is 0 Å². The van der Waals surface area contributed by atoms with E-state index in [1.165, 1.54) is 11.8 Å². The number of carbonyl (C=O) groups is 2. The highest BCUT2D eigenvalue weighted by atomic mass is 32.2. The van der Waals surface area contributed by atoms with Crippen LogP contribution in [0.15, 0.2) is 0 Å². The lowest BCUT2D eigenvalue weighted by atomic mass is 9.96. The van der Waals surface area contributed by atoms with Crippen LogP contribution in [0.1, 0.15) is 19.8 Å². The van der Waals surface area contributed by atoms with E-state index in [9.17, 15) is 9.59 Å². The number of likely N-dealkylation sites (tertiary alicyclic amines) is 1. The molecule has 2 rings (SSSR count). The average molecular weight is 271 g/mol. The molecule has 0 radical (unpaired) electrons. The lowest BCUT2D eigenvalue weighted by Crippen LogP contribution is -2.49. The van der Waals surface area contributed by atoms with Crippen molar-refractivity contribution in [2.75, 3.05) is 31.9 Å². The molecule has 2 N–H and O–H groups in total. The van der Waals surface area contributed by atoms with Crippen LogP contribution in [0.4, 0.5) is 4.79 Å². The number of amides is 2. The van der Waals surface area contributed by atoms with Gasteiger partial charge in [-0.2, -0.15) is 0 Å². The van der Waals surface area contributed by atoms with Crippen LogP contribution in [0.2, 0.25) is 0 Å². The van der Waals surface area contributed by atoms with E-state index >= 15 is 0 Å². The first-order valence-corrected chi connectivity index (χ1v) is 7.62. The Morgan fingerprint density at radius 2 is 2.22 bits per heavy atom. The number of nitrogens with one attached hydrogen (secondary N) is 2. The third-order valence-electron chi connectivity index (χ3n) is 3.58. The van der Waals surface area contributed by atoms with Gasteiger partial charge in [-0.25, -0.2) is 0 Å². The SMILES string of the molecule is CCNCC1CCN(C(=O)[C@@H]2CSC(=O)N2)CC1. The average Bonchev–Trinajstić information content (AvgIpc) is 2.83. The molecular weight excluding hydrogens is 250 g/mol. The Hall–Kier alpha value is -0.750. The second kappa shape index (κ2) is 6.43. The predicted octanol–water partition coefficient (Wildman–Crippen LogP) is 0.659. The standard InChI is InChI=1S/C12H21N3O2S/c1-2-13-7-9-3-5-15(6-4-9)11(16)10-8-18-12(17)14-10/h9-10,13H,2-8H2,1H3,(H,14,17)/t10-/m0/s1. The molecule has 0 saturated carbocycles. The van der Waals surface area contributed by atoms with E-state index in [1.54, 1.807) is 0 Å². The highest BCUT2D eigenvalue weighted by molar-refractivity contribution is 8.14. The molecule has 0 spiro atoms. The zero-order valence-corrected chi connectivity index (χ0v) is 11.6. The van der Waals surface area contributed by atoms with Gasteiger partial charge in [0, 0.05) is 18.8 Å². The van der Waals surface area contributed by atoms with Crippen LogP contribution in [-0.4, -0.2) is 54.0 Å². The molecule has 2 amide bonds. The summed E-state index contributed by atoms with van der Waals surface area (Å²) < 4.78 is 0. The fourth-order valence-corrected chi connectivity index (χ4v) is 3.21. The zero-order valence-electron chi connectivity index (χ0n) is 10.8. The molecule has 102 valence electrons. The van der Waals surface area contributed by atoms with E-state index in [2.05, 4.69) is 17.6 Å². The highest BCUT2D eigenvalue weighted by Crippen LogP contribution is 2.20. The van der Waals surface area contributed by atoms with Gasteiger partial charge in [0.05, 0.1) is 0 Å². The normalized spacial score (nSPS) is 25.3. The minimum Gasteiger partial charge on any atom is -0.341 e. The first-order chi connectivity index (χ1) is 8.70. The van der Waals surface area contributed by atoms with Crippen molar-refractivity contribution in [2.45, 2.75) is 25.8 Å². The van der Waals surface area contributed by atoms with Gasteiger partial charge in [-0.15, -0.1) is 0 Å². The number of piperidine rings is 1. The van der Waals surface area contributed by atoms with Crippen LogP contribution in [0, 0.1) is 5.92 Å². The maximum Gasteiger partial charge on any atom is 0.279 e. The second-order valence-electron chi connectivity index (χ2n) is 4.87. The van der Waals surface area contributed by atoms with Gasteiger partial charge >= 0.3 is 0 Å². The Morgan fingerprint density at radius 1 is 1.50 bits per heavy atom. The van der Waals surface area contributed by atoms with Crippen LogP contribution < -0.4 is 10.6 Å². The van der Waals surface area contributed by atoms with Gasteiger partial charge in [-0.3, -0.25) is 9.59 Å². The first kappa shape index (κ1) is 13.7. The van der Waals surface area contributed by atoms with Gasteiger partial charge < -0.3 is 15.5 Å².